The first-order chi connectivity index (χ1) is 8.20. The van der Waals surface area contributed by atoms with E-state index in [2.05, 4.69) is 19.1 Å². The fourth-order valence-corrected chi connectivity index (χ4v) is 2.28. The maximum Gasteiger partial charge on any atom is 0.162 e. The van der Waals surface area contributed by atoms with Crippen LogP contribution in [-0.4, -0.2) is 10.9 Å². The topological polar surface area (TPSA) is 37.3 Å². The van der Waals surface area contributed by atoms with Gasteiger partial charge in [0.15, 0.2) is 5.78 Å². The summed E-state index contributed by atoms with van der Waals surface area (Å²) in [6.07, 6.45) is 3.74. The highest BCUT2D eigenvalue weighted by Gasteiger charge is 2.22. The minimum absolute atomic E-state index is 0.100. The van der Waals surface area contributed by atoms with Crippen LogP contribution in [0.5, 0.6) is 0 Å². The minimum atomic E-state index is 0.100. The van der Waals surface area contributed by atoms with Crippen LogP contribution >= 0.6 is 0 Å². The maximum atomic E-state index is 11.6. The molecule has 1 aromatic rings. The van der Waals surface area contributed by atoms with Gasteiger partial charge < -0.3 is 5.11 Å². The maximum absolute atomic E-state index is 11.6. The first kappa shape index (κ1) is 11.9. The lowest BCUT2D eigenvalue weighted by Crippen LogP contribution is -2.01. The number of rotatable bonds is 4. The van der Waals surface area contributed by atoms with E-state index < -0.39 is 0 Å². The fourth-order valence-electron chi connectivity index (χ4n) is 2.28. The Morgan fingerprint density at radius 2 is 2.00 bits per heavy atom. The molecule has 1 aliphatic carbocycles. The number of Topliss-reactive ketones (excluding diaryl/α,β-unsaturated/α-hetero) is 1. The quantitative estimate of drug-likeness (QED) is 0.861. The molecule has 0 aromatic heterocycles. The van der Waals surface area contributed by atoms with Crippen molar-refractivity contribution in [2.24, 2.45) is 0 Å². The van der Waals surface area contributed by atoms with Crippen molar-refractivity contribution in [3.05, 3.63) is 46.7 Å². The van der Waals surface area contributed by atoms with E-state index in [0.717, 1.165) is 18.4 Å². The fraction of sp³-hybridized carbons (Fsp3) is 0.400. The molecule has 0 atom stereocenters. The van der Waals surface area contributed by atoms with Crippen LogP contribution in [0.1, 0.15) is 37.3 Å². The van der Waals surface area contributed by atoms with Gasteiger partial charge in [-0.05, 0) is 17.5 Å². The molecule has 2 heteroatoms. The molecule has 2 rings (SSSR count). The lowest BCUT2D eigenvalue weighted by molar-refractivity contribution is -0.115. The lowest BCUT2D eigenvalue weighted by Gasteiger charge is -2.05. The molecule has 0 aliphatic heterocycles. The van der Waals surface area contributed by atoms with Crippen LogP contribution in [0.15, 0.2) is 35.6 Å². The summed E-state index contributed by atoms with van der Waals surface area (Å²) in [5, 5.41) is 9.65. The van der Waals surface area contributed by atoms with Crippen molar-refractivity contribution in [3.8, 4) is 0 Å². The standard InChI is InChI=1S/C15H18O2/c1-2-4-11-5-3-6-12(9-11)10-13-14(16)7-8-15(13)17/h3,5-6,9,16H,2,4,7-8,10H2,1H3. The van der Waals surface area contributed by atoms with Gasteiger partial charge in [0, 0.05) is 24.8 Å². The molecule has 2 nitrogen and oxygen atoms in total. The molecular formula is C15H18O2. The Kier molecular flexibility index (Phi) is 3.62. The van der Waals surface area contributed by atoms with E-state index in [4.69, 9.17) is 0 Å². The van der Waals surface area contributed by atoms with Crippen molar-refractivity contribution in [1.82, 2.24) is 0 Å². The average molecular weight is 230 g/mol. The zero-order valence-electron chi connectivity index (χ0n) is 10.2. The van der Waals surface area contributed by atoms with Gasteiger partial charge in [-0.3, -0.25) is 4.79 Å². The van der Waals surface area contributed by atoms with Crippen molar-refractivity contribution in [2.45, 2.75) is 39.0 Å². The van der Waals surface area contributed by atoms with Crippen LogP contribution in [0.2, 0.25) is 0 Å². The Morgan fingerprint density at radius 1 is 1.24 bits per heavy atom. The number of aliphatic hydroxyl groups excluding tert-OH is 1. The second-order valence-electron chi connectivity index (χ2n) is 4.60. The predicted molar refractivity (Wildman–Crippen MR) is 68.0 cm³/mol. The number of hydrogen-bond acceptors (Lipinski definition) is 2. The molecule has 90 valence electrons. The van der Waals surface area contributed by atoms with Crippen LogP contribution < -0.4 is 0 Å². The SMILES string of the molecule is CCCc1cccc(CC2=C(O)CCC2=O)c1. The molecule has 1 aliphatic rings. The molecule has 0 saturated heterocycles. The van der Waals surface area contributed by atoms with Crippen molar-refractivity contribution in [1.29, 1.82) is 0 Å². The van der Waals surface area contributed by atoms with Gasteiger partial charge in [0.25, 0.3) is 0 Å². The highest BCUT2D eigenvalue weighted by atomic mass is 16.3. The third-order valence-electron chi connectivity index (χ3n) is 3.18. The summed E-state index contributed by atoms with van der Waals surface area (Å²) in [5.41, 5.74) is 3.03. The van der Waals surface area contributed by atoms with Crippen molar-refractivity contribution in [3.63, 3.8) is 0 Å². The molecule has 0 radical (unpaired) electrons. The summed E-state index contributed by atoms with van der Waals surface area (Å²) in [5.74, 6) is 0.388. The monoisotopic (exact) mass is 230 g/mol. The number of aryl methyl sites for hydroxylation is 1. The Hall–Kier alpha value is -1.57. The van der Waals surface area contributed by atoms with E-state index in [1.54, 1.807) is 0 Å². The van der Waals surface area contributed by atoms with Gasteiger partial charge in [0.1, 0.15) is 0 Å². The van der Waals surface area contributed by atoms with Crippen LogP contribution in [0.25, 0.3) is 0 Å². The molecule has 17 heavy (non-hydrogen) atoms. The molecule has 0 unspecified atom stereocenters. The Bertz CT molecular complexity index is 458. The Balaban J connectivity index is 2.16. The van der Waals surface area contributed by atoms with Crippen LogP contribution in [0.3, 0.4) is 0 Å². The Morgan fingerprint density at radius 3 is 2.65 bits per heavy atom. The average Bonchev–Trinajstić information content (AvgIpc) is 2.62. The normalized spacial score (nSPS) is 15.7. The molecular weight excluding hydrogens is 212 g/mol. The molecule has 0 saturated carbocycles. The van der Waals surface area contributed by atoms with Gasteiger partial charge in [-0.2, -0.15) is 0 Å². The summed E-state index contributed by atoms with van der Waals surface area (Å²) >= 11 is 0. The zero-order valence-corrected chi connectivity index (χ0v) is 10.2. The number of carbonyl (C=O) groups excluding carboxylic acids is 1. The van der Waals surface area contributed by atoms with Crippen LogP contribution in [-0.2, 0) is 17.6 Å². The lowest BCUT2D eigenvalue weighted by atomic mass is 10.00. The van der Waals surface area contributed by atoms with Gasteiger partial charge in [0.05, 0.1) is 5.76 Å². The summed E-state index contributed by atoms with van der Waals surface area (Å²) in [6.45, 7) is 2.15. The number of allylic oxidation sites excluding steroid dienone is 2. The molecule has 0 amide bonds. The van der Waals surface area contributed by atoms with Crippen LogP contribution in [0.4, 0.5) is 0 Å². The molecule has 0 fully saturated rings. The van der Waals surface area contributed by atoms with Crippen molar-refractivity contribution in [2.75, 3.05) is 0 Å². The molecule has 0 heterocycles. The first-order valence-electron chi connectivity index (χ1n) is 6.22. The van der Waals surface area contributed by atoms with Gasteiger partial charge in [0.2, 0.25) is 0 Å². The predicted octanol–water partition coefficient (Wildman–Crippen LogP) is 3.36. The third kappa shape index (κ3) is 2.76. The second kappa shape index (κ2) is 5.17. The van der Waals surface area contributed by atoms with E-state index in [1.165, 1.54) is 5.56 Å². The van der Waals surface area contributed by atoms with Gasteiger partial charge in [-0.15, -0.1) is 0 Å². The molecule has 0 bridgehead atoms. The first-order valence-corrected chi connectivity index (χ1v) is 6.22. The number of aliphatic hydroxyl groups is 1. The zero-order chi connectivity index (χ0) is 12.3. The minimum Gasteiger partial charge on any atom is -0.512 e. The number of carbonyl (C=O) groups is 1. The summed E-state index contributed by atoms with van der Waals surface area (Å²) < 4.78 is 0. The van der Waals surface area contributed by atoms with Gasteiger partial charge >= 0.3 is 0 Å². The number of hydrogen-bond donors (Lipinski definition) is 1. The molecule has 1 aromatic carbocycles. The van der Waals surface area contributed by atoms with E-state index in [0.29, 0.717) is 24.8 Å². The molecule has 0 spiro atoms. The highest BCUT2D eigenvalue weighted by Crippen LogP contribution is 2.24. The molecule has 1 N–H and O–H groups in total. The van der Waals surface area contributed by atoms with Gasteiger partial charge in [-0.25, -0.2) is 0 Å². The Labute approximate surface area is 102 Å². The summed E-state index contributed by atoms with van der Waals surface area (Å²) in [4.78, 5) is 11.6. The van der Waals surface area contributed by atoms with E-state index in [1.807, 2.05) is 12.1 Å². The highest BCUT2D eigenvalue weighted by molar-refractivity contribution is 5.98. The number of ketones is 1. The number of benzene rings is 1. The van der Waals surface area contributed by atoms with E-state index in [-0.39, 0.29) is 11.5 Å². The van der Waals surface area contributed by atoms with E-state index in [9.17, 15) is 9.90 Å². The van der Waals surface area contributed by atoms with Crippen LogP contribution in [0, 0.1) is 0 Å². The largest absolute Gasteiger partial charge is 0.512 e. The van der Waals surface area contributed by atoms with Gasteiger partial charge in [-0.1, -0.05) is 37.6 Å². The smallest absolute Gasteiger partial charge is 0.162 e. The third-order valence-corrected chi connectivity index (χ3v) is 3.18. The summed E-state index contributed by atoms with van der Waals surface area (Å²) in [6, 6.07) is 8.29. The van der Waals surface area contributed by atoms with E-state index >= 15 is 0 Å². The summed E-state index contributed by atoms with van der Waals surface area (Å²) in [7, 11) is 0. The second-order valence-corrected chi connectivity index (χ2v) is 4.60. The van der Waals surface area contributed by atoms with Crippen molar-refractivity contribution >= 4 is 5.78 Å². The van der Waals surface area contributed by atoms with Crippen molar-refractivity contribution < 1.29 is 9.90 Å².